The minimum absolute atomic E-state index is 0.161. The number of rotatable bonds is 2. The van der Waals surface area contributed by atoms with Gasteiger partial charge in [-0.25, -0.2) is 9.69 Å². The van der Waals surface area contributed by atoms with E-state index in [9.17, 15) is 9.59 Å². The molecular formula is C13H16N2O3. The number of imide groups is 1. The van der Waals surface area contributed by atoms with Crippen molar-refractivity contribution in [3.63, 3.8) is 0 Å². The van der Waals surface area contributed by atoms with E-state index in [1.807, 2.05) is 6.92 Å². The van der Waals surface area contributed by atoms with Crippen LogP contribution in [-0.2, 0) is 4.79 Å². The molecule has 96 valence electrons. The molecule has 1 heterocycles. The summed E-state index contributed by atoms with van der Waals surface area (Å²) in [5, 5.41) is 2.72. The van der Waals surface area contributed by atoms with Gasteiger partial charge in [-0.3, -0.25) is 4.79 Å². The van der Waals surface area contributed by atoms with Gasteiger partial charge in [-0.1, -0.05) is 6.92 Å². The van der Waals surface area contributed by atoms with Crippen molar-refractivity contribution in [2.45, 2.75) is 13.3 Å². The molecule has 2 rings (SSSR count). The Morgan fingerprint density at radius 1 is 1.28 bits per heavy atom. The van der Waals surface area contributed by atoms with E-state index < -0.39 is 0 Å². The number of nitrogens with one attached hydrogen (secondary N) is 1. The van der Waals surface area contributed by atoms with Gasteiger partial charge in [0.05, 0.1) is 12.8 Å². The monoisotopic (exact) mass is 248 g/mol. The van der Waals surface area contributed by atoms with Crippen molar-refractivity contribution in [1.82, 2.24) is 5.32 Å². The Balaban J connectivity index is 2.32. The first-order chi connectivity index (χ1) is 8.63. The van der Waals surface area contributed by atoms with E-state index in [-0.39, 0.29) is 17.9 Å². The molecule has 5 heteroatoms. The largest absolute Gasteiger partial charge is 0.497 e. The summed E-state index contributed by atoms with van der Waals surface area (Å²) in [5.74, 6) is 0.357. The zero-order valence-corrected chi connectivity index (χ0v) is 10.5. The van der Waals surface area contributed by atoms with Crippen LogP contribution in [0.5, 0.6) is 5.75 Å². The molecule has 1 N–H and O–H groups in total. The Labute approximate surface area is 106 Å². The second kappa shape index (κ2) is 5.08. The average molecular weight is 248 g/mol. The third-order valence-corrected chi connectivity index (χ3v) is 3.03. The lowest BCUT2D eigenvalue weighted by molar-refractivity contribution is -0.121. The Hall–Kier alpha value is -2.04. The molecule has 1 aromatic carbocycles. The second-order valence-corrected chi connectivity index (χ2v) is 4.29. The van der Waals surface area contributed by atoms with Crippen LogP contribution in [0.2, 0.25) is 0 Å². The molecule has 0 saturated carbocycles. The first-order valence-electron chi connectivity index (χ1n) is 5.89. The number of hydrogen-bond acceptors (Lipinski definition) is 3. The van der Waals surface area contributed by atoms with Crippen LogP contribution in [0.4, 0.5) is 10.5 Å². The maximum Gasteiger partial charge on any atom is 0.328 e. The summed E-state index contributed by atoms with van der Waals surface area (Å²) in [7, 11) is 1.57. The van der Waals surface area contributed by atoms with E-state index in [0.717, 1.165) is 0 Å². The van der Waals surface area contributed by atoms with Crippen molar-refractivity contribution in [1.29, 1.82) is 0 Å². The van der Waals surface area contributed by atoms with Gasteiger partial charge in [-0.15, -0.1) is 0 Å². The Bertz CT molecular complexity index is 456. The molecule has 1 saturated heterocycles. The van der Waals surface area contributed by atoms with Gasteiger partial charge in [0.25, 0.3) is 0 Å². The minimum atomic E-state index is -0.366. The molecule has 1 fully saturated rings. The molecular weight excluding hydrogens is 232 g/mol. The van der Waals surface area contributed by atoms with Crippen LogP contribution in [0.1, 0.15) is 13.3 Å². The molecule has 1 unspecified atom stereocenters. The SMILES string of the molecule is COc1ccc(N2C(=O)NCCC(C)C2=O)cc1. The van der Waals surface area contributed by atoms with Gasteiger partial charge in [-0.2, -0.15) is 0 Å². The molecule has 5 nitrogen and oxygen atoms in total. The highest BCUT2D eigenvalue weighted by Gasteiger charge is 2.30. The maximum atomic E-state index is 12.1. The van der Waals surface area contributed by atoms with Gasteiger partial charge in [0.1, 0.15) is 5.75 Å². The Morgan fingerprint density at radius 3 is 2.56 bits per heavy atom. The van der Waals surface area contributed by atoms with Crippen molar-refractivity contribution in [3.8, 4) is 5.75 Å². The number of benzene rings is 1. The minimum Gasteiger partial charge on any atom is -0.497 e. The van der Waals surface area contributed by atoms with Crippen molar-refractivity contribution >= 4 is 17.6 Å². The molecule has 0 bridgehead atoms. The number of carbonyl (C=O) groups excluding carboxylic acids is 2. The standard InChI is InChI=1S/C13H16N2O3/c1-9-7-8-14-13(17)15(12(9)16)10-3-5-11(18-2)6-4-10/h3-6,9H,7-8H2,1-2H3,(H,14,17). The molecule has 1 aromatic rings. The number of anilines is 1. The molecule has 0 aromatic heterocycles. The fraction of sp³-hybridized carbons (Fsp3) is 0.385. The van der Waals surface area contributed by atoms with Crippen LogP contribution in [0.15, 0.2) is 24.3 Å². The summed E-state index contributed by atoms with van der Waals surface area (Å²) in [6.07, 6.45) is 0.664. The van der Waals surface area contributed by atoms with E-state index >= 15 is 0 Å². The van der Waals surface area contributed by atoms with E-state index in [0.29, 0.717) is 24.4 Å². The number of nitrogens with zero attached hydrogens (tertiary/aromatic N) is 1. The lowest BCUT2D eigenvalue weighted by Gasteiger charge is -2.20. The summed E-state index contributed by atoms with van der Waals surface area (Å²) in [6.45, 7) is 2.36. The predicted octanol–water partition coefficient (Wildman–Crippen LogP) is 1.78. The fourth-order valence-electron chi connectivity index (χ4n) is 1.89. The van der Waals surface area contributed by atoms with Crippen LogP contribution < -0.4 is 15.0 Å². The van der Waals surface area contributed by atoms with Gasteiger partial charge < -0.3 is 10.1 Å². The van der Waals surface area contributed by atoms with E-state index in [4.69, 9.17) is 4.74 Å². The van der Waals surface area contributed by atoms with Gasteiger partial charge in [0, 0.05) is 12.5 Å². The van der Waals surface area contributed by atoms with Crippen LogP contribution in [0.3, 0.4) is 0 Å². The van der Waals surface area contributed by atoms with E-state index in [2.05, 4.69) is 5.32 Å². The molecule has 1 aliphatic heterocycles. The number of amides is 3. The molecule has 1 aliphatic rings. The van der Waals surface area contributed by atoms with E-state index in [1.54, 1.807) is 31.4 Å². The maximum absolute atomic E-state index is 12.1. The molecule has 0 radical (unpaired) electrons. The highest BCUT2D eigenvalue weighted by Crippen LogP contribution is 2.23. The summed E-state index contributed by atoms with van der Waals surface area (Å²) >= 11 is 0. The third kappa shape index (κ3) is 2.30. The first-order valence-corrected chi connectivity index (χ1v) is 5.89. The lowest BCUT2D eigenvalue weighted by Crippen LogP contribution is -2.42. The van der Waals surface area contributed by atoms with Crippen molar-refractivity contribution in [2.24, 2.45) is 5.92 Å². The summed E-state index contributed by atoms with van der Waals surface area (Å²) < 4.78 is 5.05. The lowest BCUT2D eigenvalue weighted by atomic mass is 10.1. The summed E-state index contributed by atoms with van der Waals surface area (Å²) in [6, 6.07) is 6.49. The van der Waals surface area contributed by atoms with Crippen molar-refractivity contribution in [2.75, 3.05) is 18.6 Å². The van der Waals surface area contributed by atoms with Crippen molar-refractivity contribution in [3.05, 3.63) is 24.3 Å². The van der Waals surface area contributed by atoms with Crippen LogP contribution in [0.25, 0.3) is 0 Å². The second-order valence-electron chi connectivity index (χ2n) is 4.29. The van der Waals surface area contributed by atoms with Crippen LogP contribution in [-0.4, -0.2) is 25.6 Å². The van der Waals surface area contributed by atoms with Gasteiger partial charge >= 0.3 is 6.03 Å². The quantitative estimate of drug-likeness (QED) is 0.867. The third-order valence-electron chi connectivity index (χ3n) is 3.03. The van der Waals surface area contributed by atoms with Gasteiger partial charge in [0.2, 0.25) is 5.91 Å². The number of urea groups is 1. The number of ether oxygens (including phenoxy) is 1. The average Bonchev–Trinajstić information content (AvgIpc) is 2.50. The smallest absolute Gasteiger partial charge is 0.328 e. The summed E-state index contributed by atoms with van der Waals surface area (Å²) in [4.78, 5) is 25.2. The molecule has 0 spiro atoms. The number of carbonyl (C=O) groups is 2. The Morgan fingerprint density at radius 2 is 1.94 bits per heavy atom. The highest BCUT2D eigenvalue weighted by atomic mass is 16.5. The molecule has 1 atom stereocenters. The topological polar surface area (TPSA) is 58.6 Å². The fourth-order valence-corrected chi connectivity index (χ4v) is 1.89. The van der Waals surface area contributed by atoms with E-state index in [1.165, 1.54) is 4.90 Å². The highest BCUT2D eigenvalue weighted by molar-refractivity contribution is 6.15. The molecule has 0 aliphatic carbocycles. The zero-order chi connectivity index (χ0) is 13.1. The normalized spacial score (nSPS) is 20.3. The summed E-state index contributed by atoms with van der Waals surface area (Å²) in [5.41, 5.74) is 0.562. The number of methoxy groups -OCH3 is 1. The van der Waals surface area contributed by atoms with Crippen molar-refractivity contribution < 1.29 is 14.3 Å². The zero-order valence-electron chi connectivity index (χ0n) is 10.5. The van der Waals surface area contributed by atoms with Crippen LogP contribution in [0, 0.1) is 5.92 Å². The van der Waals surface area contributed by atoms with Gasteiger partial charge in [0.15, 0.2) is 0 Å². The number of hydrogen-bond donors (Lipinski definition) is 1. The predicted molar refractivity (Wildman–Crippen MR) is 67.7 cm³/mol. The molecule has 3 amide bonds. The van der Waals surface area contributed by atoms with Gasteiger partial charge in [-0.05, 0) is 30.7 Å². The Kier molecular flexibility index (Phi) is 3.50. The first kappa shape index (κ1) is 12.4. The molecule has 18 heavy (non-hydrogen) atoms. The van der Waals surface area contributed by atoms with Crippen LogP contribution >= 0.6 is 0 Å².